The van der Waals surface area contributed by atoms with Crippen molar-refractivity contribution < 1.29 is 4.92 Å². The molecule has 1 aromatic carbocycles. The number of hydrogen-bond donors (Lipinski definition) is 1. The minimum atomic E-state index is -0.452. The van der Waals surface area contributed by atoms with Gasteiger partial charge >= 0.3 is 0 Å². The molecule has 0 aliphatic carbocycles. The number of alkyl halides is 1. The third kappa shape index (κ3) is 3.04. The lowest BCUT2D eigenvalue weighted by Crippen LogP contribution is -2.10. The van der Waals surface area contributed by atoms with Crippen LogP contribution in [0.4, 0.5) is 5.69 Å². The first-order valence-electron chi connectivity index (χ1n) is 6.31. The Labute approximate surface area is 123 Å². The molecular formula is C13H14BrN3O3. The van der Waals surface area contributed by atoms with Crippen LogP contribution in [0.3, 0.4) is 0 Å². The molecule has 7 heteroatoms. The molecule has 0 spiro atoms. The van der Waals surface area contributed by atoms with Crippen LogP contribution in [-0.4, -0.2) is 19.7 Å². The van der Waals surface area contributed by atoms with Crippen molar-refractivity contribution in [1.82, 2.24) is 9.97 Å². The standard InChI is InChI=1S/C13H14BrN3O3/c1-2-3-9(14)4-8-5-11-10(6-12(8)17(19)20)13(18)16-7-15-11/h5-7,9H,2-4H2,1H3,(H,15,16,18). The summed E-state index contributed by atoms with van der Waals surface area (Å²) in [4.78, 5) is 29.0. The van der Waals surface area contributed by atoms with E-state index < -0.39 is 4.92 Å². The summed E-state index contributed by atoms with van der Waals surface area (Å²) in [5.41, 5.74) is 0.673. The average Bonchev–Trinajstić information content (AvgIpc) is 2.38. The average molecular weight is 340 g/mol. The summed E-state index contributed by atoms with van der Waals surface area (Å²) in [6.07, 6.45) is 3.76. The van der Waals surface area contributed by atoms with Gasteiger partial charge in [0.1, 0.15) is 0 Å². The zero-order valence-corrected chi connectivity index (χ0v) is 12.5. The molecule has 1 unspecified atom stereocenters. The maximum absolute atomic E-state index is 11.7. The van der Waals surface area contributed by atoms with Gasteiger partial charge in [0.15, 0.2) is 0 Å². The van der Waals surface area contributed by atoms with Crippen LogP contribution in [-0.2, 0) is 6.42 Å². The van der Waals surface area contributed by atoms with Crippen LogP contribution in [0.2, 0.25) is 0 Å². The Kier molecular flexibility index (Phi) is 4.49. The number of nitrogens with zero attached hydrogens (tertiary/aromatic N) is 2. The fourth-order valence-corrected chi connectivity index (χ4v) is 2.94. The van der Waals surface area contributed by atoms with Gasteiger partial charge in [-0.3, -0.25) is 14.9 Å². The van der Waals surface area contributed by atoms with E-state index in [4.69, 9.17) is 0 Å². The molecule has 1 heterocycles. The van der Waals surface area contributed by atoms with E-state index in [2.05, 4.69) is 32.8 Å². The highest BCUT2D eigenvalue weighted by molar-refractivity contribution is 9.09. The number of benzene rings is 1. The minimum Gasteiger partial charge on any atom is -0.313 e. The predicted molar refractivity (Wildman–Crippen MR) is 80.3 cm³/mol. The Morgan fingerprint density at radius 2 is 2.25 bits per heavy atom. The van der Waals surface area contributed by atoms with Crippen LogP contribution in [0.25, 0.3) is 10.9 Å². The number of nitro groups is 1. The van der Waals surface area contributed by atoms with Gasteiger partial charge in [0.25, 0.3) is 11.2 Å². The van der Waals surface area contributed by atoms with E-state index in [1.165, 1.54) is 12.4 Å². The maximum Gasteiger partial charge on any atom is 0.273 e. The van der Waals surface area contributed by atoms with Crippen LogP contribution in [0, 0.1) is 10.1 Å². The lowest BCUT2D eigenvalue weighted by Gasteiger charge is -2.09. The molecule has 20 heavy (non-hydrogen) atoms. The maximum atomic E-state index is 11.7. The van der Waals surface area contributed by atoms with Crippen molar-refractivity contribution in [1.29, 1.82) is 0 Å². The molecule has 6 nitrogen and oxygen atoms in total. The van der Waals surface area contributed by atoms with Crippen LogP contribution >= 0.6 is 15.9 Å². The largest absolute Gasteiger partial charge is 0.313 e. The summed E-state index contributed by atoms with van der Waals surface area (Å²) in [6.45, 7) is 2.06. The normalized spacial score (nSPS) is 12.5. The smallest absolute Gasteiger partial charge is 0.273 e. The minimum absolute atomic E-state index is 0.0310. The van der Waals surface area contributed by atoms with Gasteiger partial charge in [-0.1, -0.05) is 29.3 Å². The highest BCUT2D eigenvalue weighted by Gasteiger charge is 2.19. The van der Waals surface area contributed by atoms with Gasteiger partial charge in [-0.2, -0.15) is 0 Å². The molecule has 0 bridgehead atoms. The Hall–Kier alpha value is -1.76. The van der Waals surface area contributed by atoms with Crippen molar-refractivity contribution in [2.75, 3.05) is 0 Å². The van der Waals surface area contributed by atoms with E-state index in [1.807, 2.05) is 0 Å². The van der Waals surface area contributed by atoms with Crippen LogP contribution < -0.4 is 5.56 Å². The van der Waals surface area contributed by atoms with Crippen molar-refractivity contribution in [2.45, 2.75) is 31.0 Å². The number of nitro benzene ring substituents is 1. The van der Waals surface area contributed by atoms with Crippen molar-refractivity contribution in [3.8, 4) is 0 Å². The molecule has 0 radical (unpaired) electrons. The summed E-state index contributed by atoms with van der Waals surface area (Å²) in [7, 11) is 0. The molecule has 1 N–H and O–H groups in total. The lowest BCUT2D eigenvalue weighted by molar-refractivity contribution is -0.385. The number of hydrogen-bond acceptors (Lipinski definition) is 4. The van der Waals surface area contributed by atoms with E-state index in [9.17, 15) is 14.9 Å². The first-order valence-corrected chi connectivity index (χ1v) is 7.23. The zero-order chi connectivity index (χ0) is 14.7. The molecule has 2 aromatic rings. The van der Waals surface area contributed by atoms with Crippen LogP contribution in [0.5, 0.6) is 0 Å². The number of aromatic nitrogens is 2. The number of nitrogens with one attached hydrogen (secondary N) is 1. The van der Waals surface area contributed by atoms with Crippen molar-refractivity contribution in [3.63, 3.8) is 0 Å². The highest BCUT2D eigenvalue weighted by atomic mass is 79.9. The summed E-state index contributed by atoms with van der Waals surface area (Å²) in [5.74, 6) is 0. The summed E-state index contributed by atoms with van der Waals surface area (Å²) in [5, 5.41) is 11.4. The quantitative estimate of drug-likeness (QED) is 0.515. The monoisotopic (exact) mass is 339 g/mol. The van der Waals surface area contributed by atoms with Gasteiger partial charge in [0.05, 0.1) is 22.2 Å². The van der Waals surface area contributed by atoms with Gasteiger partial charge in [-0.25, -0.2) is 4.98 Å². The van der Waals surface area contributed by atoms with E-state index in [0.29, 0.717) is 17.5 Å². The third-order valence-electron chi connectivity index (χ3n) is 3.08. The van der Waals surface area contributed by atoms with Crippen LogP contribution in [0.1, 0.15) is 25.3 Å². The number of fused-ring (bicyclic) bond motifs is 1. The second-order valence-corrected chi connectivity index (χ2v) is 5.87. The molecule has 0 amide bonds. The van der Waals surface area contributed by atoms with Gasteiger partial charge in [-0.05, 0) is 18.9 Å². The van der Waals surface area contributed by atoms with E-state index >= 15 is 0 Å². The molecule has 0 saturated carbocycles. The molecule has 2 rings (SSSR count). The lowest BCUT2D eigenvalue weighted by atomic mass is 10.0. The van der Waals surface area contributed by atoms with E-state index in [0.717, 1.165) is 12.8 Å². The predicted octanol–water partition coefficient (Wildman–Crippen LogP) is 2.94. The number of aromatic amines is 1. The van der Waals surface area contributed by atoms with Crippen molar-refractivity contribution in [2.24, 2.45) is 0 Å². The van der Waals surface area contributed by atoms with Crippen molar-refractivity contribution in [3.05, 3.63) is 44.5 Å². The molecule has 1 atom stereocenters. The molecule has 0 fully saturated rings. The van der Waals surface area contributed by atoms with Crippen molar-refractivity contribution >= 4 is 32.5 Å². The third-order valence-corrected chi connectivity index (χ3v) is 3.86. The molecule has 1 aromatic heterocycles. The zero-order valence-electron chi connectivity index (χ0n) is 10.9. The Morgan fingerprint density at radius 3 is 2.90 bits per heavy atom. The second-order valence-electron chi connectivity index (χ2n) is 4.58. The number of rotatable bonds is 5. The SMILES string of the molecule is CCCC(Br)Cc1cc2nc[nH]c(=O)c2cc1[N+](=O)[O-]. The molecule has 0 saturated heterocycles. The fourth-order valence-electron chi connectivity index (χ4n) is 2.13. The second kappa shape index (κ2) is 6.13. The summed E-state index contributed by atoms with van der Waals surface area (Å²) < 4.78 is 0. The summed E-state index contributed by atoms with van der Waals surface area (Å²) >= 11 is 3.53. The van der Waals surface area contributed by atoms with Gasteiger partial charge in [0.2, 0.25) is 0 Å². The van der Waals surface area contributed by atoms with Gasteiger partial charge < -0.3 is 4.98 Å². The Morgan fingerprint density at radius 1 is 1.50 bits per heavy atom. The Balaban J connectivity index is 2.54. The van der Waals surface area contributed by atoms with E-state index in [-0.39, 0.29) is 21.5 Å². The van der Waals surface area contributed by atoms with Gasteiger partial charge in [-0.15, -0.1) is 0 Å². The Bertz CT molecular complexity index is 699. The van der Waals surface area contributed by atoms with E-state index in [1.54, 1.807) is 6.07 Å². The first kappa shape index (κ1) is 14.6. The molecular weight excluding hydrogens is 326 g/mol. The topological polar surface area (TPSA) is 88.9 Å². The summed E-state index contributed by atoms with van der Waals surface area (Å²) in [6, 6.07) is 2.94. The number of halogens is 1. The molecule has 106 valence electrons. The molecule has 0 aliphatic rings. The first-order chi connectivity index (χ1) is 9.52. The fraction of sp³-hybridized carbons (Fsp3) is 0.385. The highest BCUT2D eigenvalue weighted by Crippen LogP contribution is 2.26. The number of H-pyrrole nitrogens is 1. The molecule has 0 aliphatic heterocycles. The van der Waals surface area contributed by atoms with Gasteiger partial charge in [0, 0.05) is 16.5 Å². The van der Waals surface area contributed by atoms with Crippen LogP contribution in [0.15, 0.2) is 23.3 Å².